The summed E-state index contributed by atoms with van der Waals surface area (Å²) in [6.07, 6.45) is 0. The molecule has 0 bridgehead atoms. The van der Waals surface area contributed by atoms with Crippen molar-refractivity contribution in [3.63, 3.8) is 0 Å². The predicted molar refractivity (Wildman–Crippen MR) is 26.9 cm³/mol. The van der Waals surface area contributed by atoms with Crippen molar-refractivity contribution in [3.05, 3.63) is 0 Å². The van der Waals surface area contributed by atoms with E-state index >= 15 is 0 Å². The Morgan fingerprint density at radius 1 is 1.80 bits per heavy atom. The van der Waals surface area contributed by atoms with Crippen LogP contribution in [0.5, 0.6) is 0 Å². The van der Waals surface area contributed by atoms with Gasteiger partial charge in [0.2, 0.25) is 0 Å². The molecule has 0 heterocycles. The van der Waals surface area contributed by atoms with E-state index in [-0.39, 0.29) is 0 Å². The Morgan fingerprint density at radius 3 is 2.40 bits per heavy atom. The molecule has 0 aromatic carbocycles. The lowest BCUT2D eigenvalue weighted by Gasteiger charge is -1.84. The normalized spacial score (nSPS) is 10.0. The molecular weight excluding hydrogens is 81.8 g/mol. The van der Waals surface area contributed by atoms with Gasteiger partial charge in [-0.25, -0.2) is 0 Å². The molecule has 0 aliphatic heterocycles. The summed E-state index contributed by atoms with van der Waals surface area (Å²) in [6, 6.07) is 0. The maximum Gasteiger partial charge on any atom is 0.294 e. The monoisotopic (exact) mass is 89.0 g/mol. The number of rotatable bonds is 2. The minimum Gasteiger partial charge on any atom is -0.423 e. The number of hydrogen-bond donors (Lipinski definition) is 0. The van der Waals surface area contributed by atoms with Crippen molar-refractivity contribution in [2.24, 2.45) is 0 Å². The fraction of sp³-hybridized carbons (Fsp3) is 1.00. The van der Waals surface area contributed by atoms with Gasteiger partial charge < -0.3 is 4.44 Å². The SMILES string of the molecule is C[B]OPC. The Kier molecular flexibility index (Phi) is 4.86. The van der Waals surface area contributed by atoms with Gasteiger partial charge in [-0.15, -0.1) is 0 Å². The maximum absolute atomic E-state index is 4.74. The van der Waals surface area contributed by atoms with Crippen molar-refractivity contribution in [1.29, 1.82) is 0 Å². The Balaban J connectivity index is 2.19. The second kappa shape index (κ2) is 4.45. The van der Waals surface area contributed by atoms with E-state index in [0.717, 1.165) is 0 Å². The van der Waals surface area contributed by atoms with Crippen LogP contribution in [0.4, 0.5) is 0 Å². The van der Waals surface area contributed by atoms with Gasteiger partial charge in [0.05, 0.1) is 0 Å². The molecule has 0 amide bonds. The largest absolute Gasteiger partial charge is 0.423 e. The van der Waals surface area contributed by atoms with Gasteiger partial charge in [0.1, 0.15) is 0 Å². The van der Waals surface area contributed by atoms with E-state index in [1.165, 1.54) is 0 Å². The summed E-state index contributed by atoms with van der Waals surface area (Å²) >= 11 is 0. The first-order valence-corrected chi connectivity index (χ1v) is 2.93. The molecule has 1 atom stereocenters. The lowest BCUT2D eigenvalue weighted by atomic mass is 10.1. The fourth-order valence-electron chi connectivity index (χ4n) is 0.118. The molecule has 3 heteroatoms. The molecule has 0 saturated carbocycles. The Labute approximate surface area is 35.2 Å². The van der Waals surface area contributed by atoms with Gasteiger partial charge in [-0.3, -0.25) is 0 Å². The molecule has 0 aliphatic carbocycles. The van der Waals surface area contributed by atoms with Gasteiger partial charge in [-0.1, -0.05) is 6.82 Å². The fourth-order valence-corrected chi connectivity index (χ4v) is 0.354. The first-order chi connectivity index (χ1) is 2.41. The quantitative estimate of drug-likeness (QED) is 0.360. The van der Waals surface area contributed by atoms with Crippen LogP contribution in [0.2, 0.25) is 6.82 Å². The third-order valence-electron chi connectivity index (χ3n) is 0.236. The molecule has 0 N–H and O–H groups in total. The zero-order valence-corrected chi connectivity index (χ0v) is 4.49. The van der Waals surface area contributed by atoms with E-state index < -0.39 is 0 Å². The average Bonchev–Trinajstić information content (AvgIpc) is 1.41. The summed E-state index contributed by atoms with van der Waals surface area (Å²) in [6.45, 7) is 3.86. The van der Waals surface area contributed by atoms with E-state index in [1.54, 1.807) is 7.48 Å². The molecule has 0 spiro atoms. The Morgan fingerprint density at radius 2 is 2.40 bits per heavy atom. The van der Waals surface area contributed by atoms with Crippen molar-refractivity contribution in [2.45, 2.75) is 6.82 Å². The zero-order valence-electron chi connectivity index (χ0n) is 3.49. The van der Waals surface area contributed by atoms with Crippen LogP contribution in [-0.4, -0.2) is 14.1 Å². The molecular formula is C2H7BOP. The van der Waals surface area contributed by atoms with Gasteiger partial charge in [-0.05, 0) is 15.5 Å². The molecule has 29 valence electrons. The lowest BCUT2D eigenvalue weighted by molar-refractivity contribution is 0.692. The first kappa shape index (κ1) is 5.45. The summed E-state index contributed by atoms with van der Waals surface area (Å²) in [4.78, 5) is 0. The van der Waals surface area contributed by atoms with Crippen LogP contribution in [0, 0.1) is 0 Å². The molecule has 1 radical (unpaired) electrons. The minimum atomic E-state index is 0.602. The van der Waals surface area contributed by atoms with Gasteiger partial charge in [-0.2, -0.15) is 0 Å². The Bertz CT molecular complexity index is 17.1. The van der Waals surface area contributed by atoms with E-state index in [4.69, 9.17) is 4.44 Å². The van der Waals surface area contributed by atoms with Gasteiger partial charge in [0.15, 0.2) is 0 Å². The Hall–Kier alpha value is 0.455. The molecule has 5 heavy (non-hydrogen) atoms. The van der Waals surface area contributed by atoms with Crippen LogP contribution in [0.1, 0.15) is 0 Å². The smallest absolute Gasteiger partial charge is 0.294 e. The third-order valence-corrected chi connectivity index (χ3v) is 0.707. The van der Waals surface area contributed by atoms with Crippen molar-refractivity contribution in [2.75, 3.05) is 6.66 Å². The van der Waals surface area contributed by atoms with Crippen molar-refractivity contribution in [3.8, 4) is 0 Å². The van der Waals surface area contributed by atoms with Gasteiger partial charge in [0.25, 0.3) is 7.48 Å². The lowest BCUT2D eigenvalue weighted by Crippen LogP contribution is -1.75. The molecule has 1 nitrogen and oxygen atoms in total. The highest BCUT2D eigenvalue weighted by Crippen LogP contribution is 1.99. The average molecular weight is 88.9 g/mol. The highest BCUT2D eigenvalue weighted by atomic mass is 31.1. The van der Waals surface area contributed by atoms with Crippen molar-refractivity contribution < 1.29 is 4.44 Å². The maximum atomic E-state index is 4.74. The summed E-state index contributed by atoms with van der Waals surface area (Å²) in [5, 5.41) is 0. The van der Waals surface area contributed by atoms with Crippen LogP contribution >= 0.6 is 8.81 Å². The molecule has 0 aromatic heterocycles. The second-order valence-electron chi connectivity index (χ2n) is 0.558. The van der Waals surface area contributed by atoms with E-state index in [2.05, 4.69) is 0 Å². The van der Waals surface area contributed by atoms with Crippen LogP contribution in [0.3, 0.4) is 0 Å². The predicted octanol–water partition coefficient (Wildman–Crippen LogP) is 0.894. The zero-order chi connectivity index (χ0) is 4.12. The standard InChI is InChI=1S/C2H7BOP/c1-3-4-5-2/h5H,1-2H3. The minimum absolute atomic E-state index is 0.602. The molecule has 0 aliphatic rings. The van der Waals surface area contributed by atoms with E-state index in [1.807, 2.05) is 13.5 Å². The highest BCUT2D eigenvalue weighted by Gasteiger charge is 1.69. The first-order valence-electron chi connectivity index (χ1n) is 1.52. The van der Waals surface area contributed by atoms with Crippen LogP contribution in [0.15, 0.2) is 0 Å². The van der Waals surface area contributed by atoms with E-state index in [9.17, 15) is 0 Å². The van der Waals surface area contributed by atoms with Gasteiger partial charge >= 0.3 is 0 Å². The molecule has 0 aromatic rings. The second-order valence-corrected chi connectivity index (χ2v) is 1.20. The van der Waals surface area contributed by atoms with Crippen LogP contribution < -0.4 is 0 Å². The summed E-state index contributed by atoms with van der Waals surface area (Å²) in [5.41, 5.74) is 0. The molecule has 0 rings (SSSR count). The summed E-state index contributed by atoms with van der Waals surface area (Å²) in [7, 11) is 2.30. The molecule has 1 unspecified atom stereocenters. The van der Waals surface area contributed by atoms with Crippen LogP contribution in [-0.2, 0) is 4.44 Å². The molecule has 0 fully saturated rings. The number of hydrogen-bond acceptors (Lipinski definition) is 1. The van der Waals surface area contributed by atoms with Crippen molar-refractivity contribution >= 4 is 16.3 Å². The van der Waals surface area contributed by atoms with E-state index in [0.29, 0.717) is 8.81 Å². The van der Waals surface area contributed by atoms with Gasteiger partial charge in [0, 0.05) is 0 Å². The summed E-state index contributed by atoms with van der Waals surface area (Å²) in [5.74, 6) is 0. The van der Waals surface area contributed by atoms with Crippen LogP contribution in [0.25, 0.3) is 0 Å². The summed E-state index contributed by atoms with van der Waals surface area (Å²) < 4.78 is 4.74. The topological polar surface area (TPSA) is 9.23 Å². The third kappa shape index (κ3) is 4.45. The van der Waals surface area contributed by atoms with Crippen molar-refractivity contribution in [1.82, 2.24) is 0 Å². The highest BCUT2D eigenvalue weighted by molar-refractivity contribution is 7.32. The molecule has 0 saturated heterocycles.